The highest BCUT2D eigenvalue weighted by Crippen LogP contribution is 2.58. The number of carboxylic acids is 1. The molecule has 3 rings (SSSR count). The lowest BCUT2D eigenvalue weighted by molar-refractivity contribution is -0.145. The van der Waals surface area contributed by atoms with Crippen LogP contribution >= 0.6 is 11.8 Å². The van der Waals surface area contributed by atoms with Crippen molar-refractivity contribution in [3.8, 4) is 0 Å². The minimum Gasteiger partial charge on any atom is -0.481 e. The molecule has 7 atom stereocenters. The Balaban J connectivity index is 1.80. The number of carbonyl (C=O) groups is 2. The third kappa shape index (κ3) is 2.18. The summed E-state index contributed by atoms with van der Waals surface area (Å²) < 4.78 is 5.42. The number of hydrogen-bond donors (Lipinski definition) is 2. The molecule has 2 aliphatic carbocycles. The number of rotatable bonds is 4. The first-order chi connectivity index (χ1) is 9.85. The van der Waals surface area contributed by atoms with Gasteiger partial charge in [0, 0.05) is 11.0 Å². The summed E-state index contributed by atoms with van der Waals surface area (Å²) in [7, 11) is 0. The van der Waals surface area contributed by atoms with Crippen molar-refractivity contribution in [2.45, 2.75) is 50.1 Å². The lowest BCUT2D eigenvalue weighted by atomic mass is 9.66. The molecule has 21 heavy (non-hydrogen) atoms. The van der Waals surface area contributed by atoms with E-state index in [1.807, 2.05) is 0 Å². The summed E-state index contributed by atoms with van der Waals surface area (Å²) in [5.41, 5.74) is -1.02. The van der Waals surface area contributed by atoms with Gasteiger partial charge in [-0.25, -0.2) is 0 Å². The molecule has 1 heterocycles. The van der Waals surface area contributed by atoms with E-state index in [9.17, 15) is 14.7 Å². The maximum absolute atomic E-state index is 12.2. The Morgan fingerprint density at radius 3 is 2.90 bits per heavy atom. The van der Waals surface area contributed by atoms with E-state index in [1.165, 1.54) is 11.8 Å². The first-order valence-corrected chi connectivity index (χ1v) is 8.67. The van der Waals surface area contributed by atoms with Gasteiger partial charge in [0.25, 0.3) is 0 Å². The molecule has 1 saturated heterocycles. The Morgan fingerprint density at radius 2 is 2.24 bits per heavy atom. The zero-order valence-corrected chi connectivity index (χ0v) is 13.1. The fraction of sp³-hybridized carbons (Fsp3) is 0.867. The lowest BCUT2D eigenvalue weighted by Gasteiger charge is -2.44. The molecule has 118 valence electrons. The molecule has 5 nitrogen and oxygen atoms in total. The van der Waals surface area contributed by atoms with E-state index in [0.29, 0.717) is 5.75 Å². The maximum Gasteiger partial charge on any atom is 0.313 e. The molecule has 0 aromatic heterocycles. The zero-order chi connectivity index (χ0) is 15.4. The largest absolute Gasteiger partial charge is 0.481 e. The van der Waals surface area contributed by atoms with Crippen LogP contribution in [0.5, 0.6) is 0 Å². The van der Waals surface area contributed by atoms with Gasteiger partial charge in [-0.3, -0.25) is 9.59 Å². The fourth-order valence-electron chi connectivity index (χ4n) is 4.29. The van der Waals surface area contributed by atoms with E-state index in [4.69, 9.17) is 9.84 Å². The summed E-state index contributed by atoms with van der Waals surface area (Å²) in [5, 5.41) is 20.0. The molecule has 0 aromatic rings. The van der Waals surface area contributed by atoms with Crippen molar-refractivity contribution < 1.29 is 24.5 Å². The molecule has 0 aromatic carbocycles. The summed E-state index contributed by atoms with van der Waals surface area (Å²) in [6.45, 7) is 3.77. The monoisotopic (exact) mass is 314 g/mol. The summed E-state index contributed by atoms with van der Waals surface area (Å²) in [6.07, 6.45) is 2.20. The van der Waals surface area contributed by atoms with Crippen molar-refractivity contribution in [1.29, 1.82) is 0 Å². The molecular weight excluding hydrogens is 292 g/mol. The Bertz CT molecular complexity index is 467. The van der Waals surface area contributed by atoms with Crippen molar-refractivity contribution in [1.82, 2.24) is 0 Å². The first kappa shape index (κ1) is 15.2. The number of aliphatic hydroxyl groups is 1. The molecule has 0 bridgehead atoms. The lowest BCUT2D eigenvalue weighted by Crippen LogP contribution is -2.55. The van der Waals surface area contributed by atoms with Gasteiger partial charge in [0.15, 0.2) is 0 Å². The van der Waals surface area contributed by atoms with Crippen LogP contribution in [-0.4, -0.2) is 44.9 Å². The average Bonchev–Trinajstić information content (AvgIpc) is 2.85. The number of thioether (sulfide) groups is 1. The van der Waals surface area contributed by atoms with Crippen LogP contribution in [0.2, 0.25) is 0 Å². The Morgan fingerprint density at radius 1 is 1.52 bits per heavy atom. The number of ether oxygens (including phenoxy) is 1. The highest BCUT2D eigenvalue weighted by atomic mass is 32.2. The summed E-state index contributed by atoms with van der Waals surface area (Å²) in [4.78, 5) is 23.2. The molecule has 0 spiro atoms. The van der Waals surface area contributed by atoms with Crippen LogP contribution in [0.15, 0.2) is 0 Å². The molecule has 1 aliphatic heterocycles. The van der Waals surface area contributed by atoms with Crippen LogP contribution in [-0.2, 0) is 14.3 Å². The van der Waals surface area contributed by atoms with Crippen LogP contribution < -0.4 is 0 Å². The quantitative estimate of drug-likeness (QED) is 0.766. The third-order valence-electron chi connectivity index (χ3n) is 5.46. The molecule has 2 saturated carbocycles. The molecule has 6 heteroatoms. The van der Waals surface area contributed by atoms with Gasteiger partial charge >= 0.3 is 11.9 Å². The van der Waals surface area contributed by atoms with Gasteiger partial charge in [0.05, 0.1) is 5.92 Å². The summed E-state index contributed by atoms with van der Waals surface area (Å²) >= 11 is 1.51. The van der Waals surface area contributed by atoms with Crippen molar-refractivity contribution in [3.63, 3.8) is 0 Å². The standard InChI is InChI=1S/C15H22O5S/c1-7-5-9-3-4-10-15(9,19)11(14(18)20-10)12(7)21-6-8(2)13(16)17/h7-12,19H,3-6H2,1-2H3,(H,16,17)/t7-,8-,9+,10+,11?,12+,15+/m0/s1. The topological polar surface area (TPSA) is 83.8 Å². The number of esters is 1. The van der Waals surface area contributed by atoms with E-state index in [-0.39, 0.29) is 29.2 Å². The van der Waals surface area contributed by atoms with Crippen molar-refractivity contribution in [3.05, 3.63) is 0 Å². The van der Waals surface area contributed by atoms with E-state index >= 15 is 0 Å². The molecule has 0 radical (unpaired) electrons. The van der Waals surface area contributed by atoms with Gasteiger partial charge in [0.1, 0.15) is 17.6 Å². The minimum atomic E-state index is -1.02. The zero-order valence-electron chi connectivity index (χ0n) is 12.3. The van der Waals surface area contributed by atoms with Gasteiger partial charge in [-0.15, -0.1) is 0 Å². The maximum atomic E-state index is 12.2. The van der Waals surface area contributed by atoms with Crippen LogP contribution in [0.25, 0.3) is 0 Å². The molecular formula is C15H22O5S. The van der Waals surface area contributed by atoms with Crippen LogP contribution in [0.3, 0.4) is 0 Å². The Labute approximate surface area is 128 Å². The predicted octanol–water partition coefficient (Wildman–Crippen LogP) is 1.53. The van der Waals surface area contributed by atoms with Crippen LogP contribution in [0.4, 0.5) is 0 Å². The van der Waals surface area contributed by atoms with Gasteiger partial charge in [0.2, 0.25) is 0 Å². The van der Waals surface area contributed by atoms with E-state index < -0.39 is 23.4 Å². The van der Waals surface area contributed by atoms with Crippen molar-refractivity contribution in [2.75, 3.05) is 5.75 Å². The van der Waals surface area contributed by atoms with Crippen molar-refractivity contribution >= 4 is 23.7 Å². The van der Waals surface area contributed by atoms with Crippen LogP contribution in [0.1, 0.15) is 33.1 Å². The molecule has 1 unspecified atom stereocenters. The second-order valence-electron chi connectivity index (χ2n) is 6.81. The first-order valence-electron chi connectivity index (χ1n) is 7.63. The number of carbonyl (C=O) groups excluding carboxylic acids is 1. The van der Waals surface area contributed by atoms with Gasteiger partial charge in [-0.05, 0) is 31.1 Å². The minimum absolute atomic E-state index is 0.0522. The van der Waals surface area contributed by atoms with Crippen LogP contribution in [0, 0.1) is 23.7 Å². The fourth-order valence-corrected chi connectivity index (χ4v) is 5.90. The Hall–Kier alpha value is -0.750. The second-order valence-corrected chi connectivity index (χ2v) is 8.03. The SMILES string of the molecule is C[C@@H](CS[C@H]1C2C(=O)O[C@@H]3CC[C@H](C[C@@H]1C)[C@]23O)C(=O)O. The van der Waals surface area contributed by atoms with Gasteiger partial charge in [-0.2, -0.15) is 11.8 Å². The van der Waals surface area contributed by atoms with Gasteiger partial charge < -0.3 is 14.9 Å². The highest BCUT2D eigenvalue weighted by molar-refractivity contribution is 8.00. The van der Waals surface area contributed by atoms with E-state index in [1.54, 1.807) is 6.92 Å². The van der Waals surface area contributed by atoms with Crippen molar-refractivity contribution in [2.24, 2.45) is 23.7 Å². The average molecular weight is 314 g/mol. The number of aliphatic carboxylic acids is 1. The van der Waals surface area contributed by atoms with Gasteiger partial charge in [-0.1, -0.05) is 13.8 Å². The summed E-state index contributed by atoms with van der Waals surface area (Å²) in [6, 6.07) is 0. The summed E-state index contributed by atoms with van der Waals surface area (Å²) in [5.74, 6) is -1.18. The second kappa shape index (κ2) is 5.16. The third-order valence-corrected chi connectivity index (χ3v) is 7.28. The molecule has 3 aliphatic rings. The predicted molar refractivity (Wildman–Crippen MR) is 77.9 cm³/mol. The number of carboxylic acid groups (broad SMARTS) is 1. The Kier molecular flexibility index (Phi) is 3.72. The highest BCUT2D eigenvalue weighted by Gasteiger charge is 2.68. The molecule has 2 N–H and O–H groups in total. The smallest absolute Gasteiger partial charge is 0.313 e. The molecule has 0 amide bonds. The van der Waals surface area contributed by atoms with E-state index in [2.05, 4.69) is 6.92 Å². The molecule has 3 fully saturated rings. The number of hydrogen-bond acceptors (Lipinski definition) is 5. The normalized spacial score (nSPS) is 46.0. The van der Waals surface area contributed by atoms with E-state index in [0.717, 1.165) is 19.3 Å².